The largest absolute Gasteiger partial charge is 0.0882 e. The molecule has 0 aliphatic carbocycles. The van der Waals surface area contributed by atoms with Gasteiger partial charge in [0.25, 0.3) is 0 Å². The lowest BCUT2D eigenvalue weighted by Gasteiger charge is -1.98. The van der Waals surface area contributed by atoms with Crippen molar-refractivity contribution >= 4 is 0 Å². The Morgan fingerprint density at radius 2 is 1.10 bits per heavy atom. The maximum Gasteiger partial charge on any atom is -0.0166 e. The quantitative estimate of drug-likeness (QED) is 0.176. The molecule has 0 unspecified atom stereocenters. The van der Waals surface area contributed by atoms with E-state index in [-0.39, 0.29) is 0 Å². The average Bonchev–Trinajstić information content (AvgIpc) is 2.47. The van der Waals surface area contributed by atoms with Gasteiger partial charge in [-0.05, 0) is 25.7 Å². The molecule has 0 rings (SSSR count). The van der Waals surface area contributed by atoms with Gasteiger partial charge in [-0.1, -0.05) is 102 Å². The van der Waals surface area contributed by atoms with E-state index in [9.17, 15) is 0 Å². The highest BCUT2D eigenvalue weighted by atomic mass is 13.9. The van der Waals surface area contributed by atoms with Crippen molar-refractivity contribution in [1.29, 1.82) is 0 Å². The van der Waals surface area contributed by atoms with Crippen molar-refractivity contribution < 1.29 is 0 Å². The van der Waals surface area contributed by atoms with Crippen LogP contribution in [0.25, 0.3) is 0 Å². The van der Waals surface area contributed by atoms with E-state index < -0.39 is 0 Å². The summed E-state index contributed by atoms with van der Waals surface area (Å²) in [5.74, 6) is 0. The van der Waals surface area contributed by atoms with Crippen molar-refractivity contribution in [2.45, 2.75) is 90.9 Å². The van der Waals surface area contributed by atoms with Crippen LogP contribution in [0.2, 0.25) is 0 Å². The summed E-state index contributed by atoms with van der Waals surface area (Å²) in [6.07, 6.45) is 29.5. The lowest BCUT2D eigenvalue weighted by molar-refractivity contribution is 0.592. The molecule has 0 aromatic carbocycles. The number of hydrogen-bond acceptors (Lipinski definition) is 0. The van der Waals surface area contributed by atoms with Crippen LogP contribution in [0, 0.1) is 0 Å². The molecule has 0 heteroatoms. The van der Waals surface area contributed by atoms with Gasteiger partial charge in [0.2, 0.25) is 0 Å². The summed E-state index contributed by atoms with van der Waals surface area (Å²) in [7, 11) is 0. The van der Waals surface area contributed by atoms with E-state index in [4.69, 9.17) is 0 Å². The Balaban J connectivity index is 3.24. The average molecular weight is 277 g/mol. The van der Waals surface area contributed by atoms with Crippen LogP contribution < -0.4 is 0 Å². The predicted octanol–water partition coefficient (Wildman–Crippen LogP) is 7.38. The van der Waals surface area contributed by atoms with Crippen LogP contribution in [0.15, 0.2) is 36.5 Å². The van der Waals surface area contributed by atoms with Gasteiger partial charge in [-0.25, -0.2) is 0 Å². The minimum atomic E-state index is 1.07. The maximum atomic E-state index is 2.31. The summed E-state index contributed by atoms with van der Waals surface area (Å²) in [6.45, 7) is 4.52. The highest BCUT2D eigenvalue weighted by molar-refractivity contribution is 5.04. The molecule has 20 heavy (non-hydrogen) atoms. The first kappa shape index (κ1) is 19.2. The third-order valence-corrected chi connectivity index (χ3v) is 3.52. The zero-order valence-corrected chi connectivity index (χ0v) is 13.9. The van der Waals surface area contributed by atoms with Crippen molar-refractivity contribution in [1.82, 2.24) is 0 Å². The predicted molar refractivity (Wildman–Crippen MR) is 94.2 cm³/mol. The fourth-order valence-corrected chi connectivity index (χ4v) is 2.17. The zero-order valence-electron chi connectivity index (χ0n) is 13.9. The van der Waals surface area contributed by atoms with Crippen molar-refractivity contribution in [3.05, 3.63) is 36.5 Å². The van der Waals surface area contributed by atoms with Gasteiger partial charge >= 0.3 is 0 Å². The van der Waals surface area contributed by atoms with E-state index in [0.29, 0.717) is 0 Å². The van der Waals surface area contributed by atoms with E-state index in [1.807, 2.05) is 0 Å². The second-order valence-electron chi connectivity index (χ2n) is 5.62. The molecule has 0 spiro atoms. The first-order chi connectivity index (χ1) is 9.91. The Kier molecular flexibility index (Phi) is 17.5. The molecular weight excluding hydrogens is 240 g/mol. The Bertz CT molecular complexity index is 245. The summed E-state index contributed by atoms with van der Waals surface area (Å²) in [5, 5.41) is 0. The fraction of sp³-hybridized carbons (Fsp3) is 0.700. The normalized spacial score (nSPS) is 12.3. The molecule has 0 heterocycles. The maximum absolute atomic E-state index is 2.31. The van der Waals surface area contributed by atoms with Gasteiger partial charge in [0, 0.05) is 0 Å². The molecule has 0 fully saturated rings. The van der Waals surface area contributed by atoms with Crippen LogP contribution in [0.4, 0.5) is 0 Å². The molecule has 0 aromatic heterocycles. The fourth-order valence-electron chi connectivity index (χ4n) is 2.17. The van der Waals surface area contributed by atoms with Gasteiger partial charge in [-0.15, -0.1) is 0 Å². The molecule has 0 amide bonds. The molecule has 0 bridgehead atoms. The zero-order chi connectivity index (χ0) is 14.7. The smallest absolute Gasteiger partial charge is 0.0166 e. The summed E-state index contributed by atoms with van der Waals surface area (Å²) in [6, 6.07) is 0. The molecule has 0 aliphatic rings. The minimum absolute atomic E-state index is 1.07. The van der Waals surface area contributed by atoms with E-state index in [0.717, 1.165) is 6.42 Å². The standard InChI is InChI=1S/C20H36/c1-3-5-7-9-11-13-15-17-19-20-18-16-14-12-10-8-6-4-2/h9,11,15,17,19-20H,3-8,10,12-14,16,18H2,1-2H3/b11-9-,17-15-,20-19+. The van der Waals surface area contributed by atoms with Crippen LogP contribution in [0.5, 0.6) is 0 Å². The SMILES string of the molecule is CCCC/C=C\C/C=C\C=C\CCCCCCCCC. The Hall–Kier alpha value is -0.780. The minimum Gasteiger partial charge on any atom is -0.0882 e. The van der Waals surface area contributed by atoms with Crippen LogP contribution in [-0.4, -0.2) is 0 Å². The molecule has 0 aliphatic heterocycles. The van der Waals surface area contributed by atoms with Gasteiger partial charge in [-0.3, -0.25) is 0 Å². The van der Waals surface area contributed by atoms with Crippen molar-refractivity contribution in [2.24, 2.45) is 0 Å². The van der Waals surface area contributed by atoms with Gasteiger partial charge in [0.1, 0.15) is 0 Å². The van der Waals surface area contributed by atoms with Gasteiger partial charge in [0.15, 0.2) is 0 Å². The number of rotatable bonds is 14. The molecule has 116 valence electrons. The van der Waals surface area contributed by atoms with Gasteiger partial charge in [-0.2, -0.15) is 0 Å². The third-order valence-electron chi connectivity index (χ3n) is 3.52. The molecule has 0 saturated heterocycles. The molecular formula is C20H36. The van der Waals surface area contributed by atoms with E-state index in [1.54, 1.807) is 0 Å². The number of unbranched alkanes of at least 4 members (excludes halogenated alkanes) is 9. The van der Waals surface area contributed by atoms with Gasteiger partial charge in [0.05, 0.1) is 0 Å². The van der Waals surface area contributed by atoms with E-state index in [2.05, 4.69) is 50.3 Å². The molecule has 0 aromatic rings. The Labute approximate surface area is 128 Å². The van der Waals surface area contributed by atoms with Crippen molar-refractivity contribution in [2.75, 3.05) is 0 Å². The Morgan fingerprint density at radius 1 is 0.500 bits per heavy atom. The first-order valence-corrected chi connectivity index (χ1v) is 8.88. The van der Waals surface area contributed by atoms with Crippen molar-refractivity contribution in [3.8, 4) is 0 Å². The molecule has 0 atom stereocenters. The van der Waals surface area contributed by atoms with Crippen molar-refractivity contribution in [3.63, 3.8) is 0 Å². The summed E-state index contributed by atoms with van der Waals surface area (Å²) < 4.78 is 0. The summed E-state index contributed by atoms with van der Waals surface area (Å²) in [5.41, 5.74) is 0. The summed E-state index contributed by atoms with van der Waals surface area (Å²) in [4.78, 5) is 0. The molecule has 0 radical (unpaired) electrons. The molecule has 0 N–H and O–H groups in total. The van der Waals surface area contributed by atoms with Crippen LogP contribution in [-0.2, 0) is 0 Å². The topological polar surface area (TPSA) is 0 Å². The number of allylic oxidation sites excluding steroid dienone is 6. The lowest BCUT2D eigenvalue weighted by Crippen LogP contribution is -1.78. The Morgan fingerprint density at radius 3 is 1.85 bits per heavy atom. The second-order valence-corrected chi connectivity index (χ2v) is 5.62. The highest BCUT2D eigenvalue weighted by Gasteiger charge is 1.88. The van der Waals surface area contributed by atoms with Crippen LogP contribution in [0.1, 0.15) is 90.9 Å². The van der Waals surface area contributed by atoms with Crippen LogP contribution >= 0.6 is 0 Å². The van der Waals surface area contributed by atoms with E-state index in [1.165, 1.54) is 70.6 Å². The summed E-state index contributed by atoms with van der Waals surface area (Å²) >= 11 is 0. The van der Waals surface area contributed by atoms with Crippen LogP contribution in [0.3, 0.4) is 0 Å². The van der Waals surface area contributed by atoms with Gasteiger partial charge < -0.3 is 0 Å². The lowest BCUT2D eigenvalue weighted by atomic mass is 10.1. The monoisotopic (exact) mass is 276 g/mol. The third kappa shape index (κ3) is 17.2. The van der Waals surface area contributed by atoms with E-state index >= 15 is 0 Å². The molecule has 0 nitrogen and oxygen atoms in total. The first-order valence-electron chi connectivity index (χ1n) is 8.88. The molecule has 0 saturated carbocycles. The highest BCUT2D eigenvalue weighted by Crippen LogP contribution is 2.08. The number of hydrogen-bond donors (Lipinski definition) is 0. The second kappa shape index (κ2) is 18.2.